The summed E-state index contributed by atoms with van der Waals surface area (Å²) in [4.78, 5) is 11.1. The number of carbonyl (C=O) groups is 1. The van der Waals surface area contributed by atoms with Crippen molar-refractivity contribution in [2.45, 2.75) is 18.9 Å². The van der Waals surface area contributed by atoms with Crippen molar-refractivity contribution < 1.29 is 4.79 Å². The van der Waals surface area contributed by atoms with Crippen LogP contribution in [0, 0.1) is 0 Å². The van der Waals surface area contributed by atoms with E-state index < -0.39 is 6.04 Å². The van der Waals surface area contributed by atoms with Crippen LogP contribution in [0.4, 0.5) is 0 Å². The van der Waals surface area contributed by atoms with Crippen LogP contribution in [0.3, 0.4) is 0 Å². The minimum atomic E-state index is -0.444. The van der Waals surface area contributed by atoms with Crippen molar-refractivity contribution in [2.75, 3.05) is 19.6 Å². The fourth-order valence-corrected chi connectivity index (χ4v) is 0.795. The Bertz CT molecular complexity index is 129. The van der Waals surface area contributed by atoms with Gasteiger partial charge in [0.1, 0.15) is 0 Å². The molecule has 7 N–H and O–H groups in total. The number of hydrogen-bond donors (Lipinski definition) is 4. The Morgan fingerprint density at radius 1 is 1.33 bits per heavy atom. The molecule has 0 radical (unpaired) electrons. The zero-order valence-corrected chi connectivity index (χ0v) is 7.25. The molecule has 5 heteroatoms. The maximum atomic E-state index is 11.1. The smallest absolute Gasteiger partial charge is 0.236 e. The summed E-state index contributed by atoms with van der Waals surface area (Å²) in [5, 5.41) is 2.61. The average Bonchev–Trinajstić information content (AvgIpc) is 2.10. The molecule has 0 heterocycles. The van der Waals surface area contributed by atoms with E-state index in [-0.39, 0.29) is 5.91 Å². The topological polar surface area (TPSA) is 107 Å². The number of nitrogens with two attached hydrogens (primary N) is 3. The van der Waals surface area contributed by atoms with Crippen LogP contribution in [-0.4, -0.2) is 31.6 Å². The SMILES string of the molecule is NCCC[C@H](N)C(=O)NCCN. The first-order chi connectivity index (χ1) is 5.72. The van der Waals surface area contributed by atoms with Gasteiger partial charge in [-0.3, -0.25) is 4.79 Å². The molecule has 0 aliphatic heterocycles. The summed E-state index contributed by atoms with van der Waals surface area (Å²) >= 11 is 0. The Kier molecular flexibility index (Phi) is 6.64. The highest BCUT2D eigenvalue weighted by Crippen LogP contribution is 1.91. The maximum Gasteiger partial charge on any atom is 0.236 e. The zero-order valence-electron chi connectivity index (χ0n) is 7.25. The number of amides is 1. The first kappa shape index (κ1) is 11.4. The Balaban J connectivity index is 3.47. The van der Waals surface area contributed by atoms with Crippen molar-refractivity contribution in [2.24, 2.45) is 17.2 Å². The maximum absolute atomic E-state index is 11.1. The molecule has 0 aromatic carbocycles. The molecule has 72 valence electrons. The summed E-state index contributed by atoms with van der Waals surface area (Å²) in [6.45, 7) is 1.49. The van der Waals surface area contributed by atoms with Crippen LogP contribution in [0.1, 0.15) is 12.8 Å². The van der Waals surface area contributed by atoms with Crippen LogP contribution in [-0.2, 0) is 4.79 Å². The first-order valence-electron chi connectivity index (χ1n) is 4.15. The summed E-state index contributed by atoms with van der Waals surface area (Å²) < 4.78 is 0. The molecule has 0 fully saturated rings. The van der Waals surface area contributed by atoms with Gasteiger partial charge in [0, 0.05) is 13.1 Å². The normalized spacial score (nSPS) is 12.6. The van der Waals surface area contributed by atoms with Gasteiger partial charge in [0.05, 0.1) is 6.04 Å². The Morgan fingerprint density at radius 2 is 2.00 bits per heavy atom. The Labute approximate surface area is 72.7 Å². The van der Waals surface area contributed by atoms with Gasteiger partial charge in [-0.2, -0.15) is 0 Å². The molecule has 0 unspecified atom stereocenters. The Hall–Kier alpha value is -0.650. The predicted octanol–water partition coefficient (Wildman–Crippen LogP) is -1.87. The van der Waals surface area contributed by atoms with Gasteiger partial charge in [-0.25, -0.2) is 0 Å². The summed E-state index contributed by atoms with van der Waals surface area (Å²) in [6.07, 6.45) is 1.41. The molecule has 0 aromatic heterocycles. The van der Waals surface area contributed by atoms with Crippen LogP contribution < -0.4 is 22.5 Å². The second kappa shape index (κ2) is 7.02. The van der Waals surface area contributed by atoms with E-state index in [0.717, 1.165) is 6.42 Å². The number of hydrogen-bond acceptors (Lipinski definition) is 4. The van der Waals surface area contributed by atoms with E-state index in [1.165, 1.54) is 0 Å². The van der Waals surface area contributed by atoms with Gasteiger partial charge < -0.3 is 22.5 Å². The van der Waals surface area contributed by atoms with Crippen LogP contribution in [0.2, 0.25) is 0 Å². The van der Waals surface area contributed by atoms with Crippen molar-refractivity contribution in [1.29, 1.82) is 0 Å². The fraction of sp³-hybridized carbons (Fsp3) is 0.857. The van der Waals surface area contributed by atoms with Gasteiger partial charge in [0.15, 0.2) is 0 Å². The number of nitrogens with one attached hydrogen (secondary N) is 1. The second-order valence-electron chi connectivity index (χ2n) is 2.62. The lowest BCUT2D eigenvalue weighted by Gasteiger charge is -2.10. The summed E-state index contributed by atoms with van der Waals surface area (Å²) in [5.41, 5.74) is 16.0. The van der Waals surface area contributed by atoms with E-state index in [1.807, 2.05) is 0 Å². The lowest BCUT2D eigenvalue weighted by Crippen LogP contribution is -2.42. The Morgan fingerprint density at radius 3 is 2.50 bits per heavy atom. The highest BCUT2D eigenvalue weighted by molar-refractivity contribution is 5.81. The molecule has 1 atom stereocenters. The van der Waals surface area contributed by atoms with Gasteiger partial charge in [-0.1, -0.05) is 0 Å². The lowest BCUT2D eigenvalue weighted by molar-refractivity contribution is -0.122. The molecule has 5 nitrogen and oxygen atoms in total. The van der Waals surface area contributed by atoms with E-state index >= 15 is 0 Å². The van der Waals surface area contributed by atoms with Crippen LogP contribution in [0.5, 0.6) is 0 Å². The summed E-state index contributed by atoms with van der Waals surface area (Å²) in [6, 6.07) is -0.444. The fourth-order valence-electron chi connectivity index (χ4n) is 0.795. The number of rotatable bonds is 6. The summed E-state index contributed by atoms with van der Waals surface area (Å²) in [7, 11) is 0. The highest BCUT2D eigenvalue weighted by atomic mass is 16.2. The van der Waals surface area contributed by atoms with E-state index in [1.54, 1.807) is 0 Å². The van der Waals surface area contributed by atoms with Crippen LogP contribution >= 0.6 is 0 Å². The lowest BCUT2D eigenvalue weighted by atomic mass is 10.1. The van der Waals surface area contributed by atoms with Gasteiger partial charge in [0.25, 0.3) is 0 Å². The van der Waals surface area contributed by atoms with E-state index in [4.69, 9.17) is 17.2 Å². The van der Waals surface area contributed by atoms with Crippen molar-refractivity contribution >= 4 is 5.91 Å². The van der Waals surface area contributed by atoms with Crippen molar-refractivity contribution in [3.8, 4) is 0 Å². The average molecular weight is 174 g/mol. The quantitative estimate of drug-likeness (QED) is 0.378. The minimum Gasteiger partial charge on any atom is -0.353 e. The zero-order chi connectivity index (χ0) is 9.40. The molecule has 12 heavy (non-hydrogen) atoms. The van der Waals surface area contributed by atoms with Gasteiger partial charge in [-0.15, -0.1) is 0 Å². The van der Waals surface area contributed by atoms with Crippen molar-refractivity contribution in [3.05, 3.63) is 0 Å². The largest absolute Gasteiger partial charge is 0.353 e. The number of carbonyl (C=O) groups excluding carboxylic acids is 1. The molecular weight excluding hydrogens is 156 g/mol. The standard InChI is InChI=1S/C7H18N4O/c8-3-1-2-6(10)7(12)11-5-4-9/h6H,1-5,8-10H2,(H,11,12)/t6-/m0/s1. The molecule has 0 aromatic rings. The molecule has 0 aliphatic rings. The van der Waals surface area contributed by atoms with Gasteiger partial charge in [-0.05, 0) is 19.4 Å². The molecular formula is C7H18N4O. The van der Waals surface area contributed by atoms with Crippen LogP contribution in [0.25, 0.3) is 0 Å². The minimum absolute atomic E-state index is 0.145. The predicted molar refractivity (Wildman–Crippen MR) is 48.3 cm³/mol. The van der Waals surface area contributed by atoms with Gasteiger partial charge in [0.2, 0.25) is 5.91 Å². The highest BCUT2D eigenvalue weighted by Gasteiger charge is 2.10. The summed E-state index contributed by atoms with van der Waals surface area (Å²) in [5.74, 6) is -0.145. The van der Waals surface area contributed by atoms with Crippen LogP contribution in [0.15, 0.2) is 0 Å². The van der Waals surface area contributed by atoms with Gasteiger partial charge >= 0.3 is 0 Å². The third-order valence-electron chi connectivity index (χ3n) is 1.50. The molecule has 0 rings (SSSR count). The van der Waals surface area contributed by atoms with Crippen molar-refractivity contribution in [3.63, 3.8) is 0 Å². The van der Waals surface area contributed by atoms with E-state index in [9.17, 15) is 4.79 Å². The van der Waals surface area contributed by atoms with E-state index in [2.05, 4.69) is 5.32 Å². The third-order valence-corrected chi connectivity index (χ3v) is 1.50. The molecule has 0 saturated heterocycles. The third kappa shape index (κ3) is 5.06. The monoisotopic (exact) mass is 174 g/mol. The van der Waals surface area contributed by atoms with Crippen molar-refractivity contribution in [1.82, 2.24) is 5.32 Å². The van der Waals surface area contributed by atoms with E-state index in [0.29, 0.717) is 26.1 Å². The first-order valence-corrected chi connectivity index (χ1v) is 4.15. The molecule has 0 bridgehead atoms. The second-order valence-corrected chi connectivity index (χ2v) is 2.62. The molecule has 1 amide bonds. The molecule has 0 saturated carbocycles. The molecule has 0 aliphatic carbocycles. The molecule has 0 spiro atoms.